The predicted octanol–water partition coefficient (Wildman–Crippen LogP) is 4.12. The van der Waals surface area contributed by atoms with Crippen molar-refractivity contribution in [2.24, 2.45) is 0 Å². The van der Waals surface area contributed by atoms with E-state index in [1.165, 1.54) is 22.9 Å². The quantitative estimate of drug-likeness (QED) is 0.909. The zero-order chi connectivity index (χ0) is 15.7. The molecule has 118 valence electrons. The number of fused-ring (bicyclic) bond motifs is 1. The summed E-state index contributed by atoms with van der Waals surface area (Å²) in [5, 5.41) is 1.20. The number of H-pyrrole nitrogens is 1. The molecule has 1 N–H and O–H groups in total. The molecule has 3 rings (SSSR count). The Hall–Kier alpha value is -1.77. The molecule has 0 aliphatic carbocycles. The fourth-order valence-electron chi connectivity index (χ4n) is 3.73. The first kappa shape index (κ1) is 15.1. The summed E-state index contributed by atoms with van der Waals surface area (Å²) in [7, 11) is 0. The topological polar surface area (TPSA) is 36.1 Å². The largest absolute Gasteiger partial charge is 0.358 e. The number of amides is 1. The smallest absolute Gasteiger partial charge is 0.227 e. The van der Waals surface area contributed by atoms with Crippen molar-refractivity contribution in [2.45, 2.75) is 58.9 Å². The molecule has 2 aromatic rings. The molecule has 2 heterocycles. The Bertz CT molecular complexity index is 686. The van der Waals surface area contributed by atoms with E-state index >= 15 is 0 Å². The van der Waals surface area contributed by atoms with Crippen LogP contribution in [-0.2, 0) is 11.2 Å². The lowest BCUT2D eigenvalue weighted by molar-refractivity contribution is -0.134. The van der Waals surface area contributed by atoms with E-state index in [0.29, 0.717) is 12.5 Å². The van der Waals surface area contributed by atoms with Crippen LogP contribution in [-0.4, -0.2) is 28.4 Å². The van der Waals surface area contributed by atoms with Crippen LogP contribution in [0.1, 0.15) is 49.4 Å². The van der Waals surface area contributed by atoms with Gasteiger partial charge in [0.25, 0.3) is 0 Å². The molecule has 1 fully saturated rings. The minimum absolute atomic E-state index is 0.289. The highest BCUT2D eigenvalue weighted by Gasteiger charge is 2.26. The Kier molecular flexibility index (Phi) is 4.23. The summed E-state index contributed by atoms with van der Waals surface area (Å²) < 4.78 is 0. The molecule has 0 saturated carbocycles. The molecule has 22 heavy (non-hydrogen) atoms. The first-order valence-corrected chi connectivity index (χ1v) is 8.47. The van der Waals surface area contributed by atoms with Gasteiger partial charge in [-0.1, -0.05) is 18.6 Å². The van der Waals surface area contributed by atoms with Gasteiger partial charge in [0, 0.05) is 29.2 Å². The highest BCUT2D eigenvalue weighted by Crippen LogP contribution is 2.26. The van der Waals surface area contributed by atoms with Crippen LogP contribution >= 0.6 is 0 Å². The highest BCUT2D eigenvalue weighted by molar-refractivity contribution is 5.90. The van der Waals surface area contributed by atoms with Crippen LogP contribution < -0.4 is 0 Å². The number of rotatable bonds is 3. The third-order valence-corrected chi connectivity index (χ3v) is 5.02. The SMILES string of the molecule is CCC1CCCCN1C(=O)Cc1c(C)[nH]c2ccc(C)cc12. The Morgan fingerprint density at radius 3 is 2.91 bits per heavy atom. The average molecular weight is 298 g/mol. The zero-order valence-corrected chi connectivity index (χ0v) is 13.9. The molecule has 0 bridgehead atoms. The van der Waals surface area contributed by atoms with Gasteiger partial charge in [-0.15, -0.1) is 0 Å². The van der Waals surface area contributed by atoms with Gasteiger partial charge in [-0.2, -0.15) is 0 Å². The Balaban J connectivity index is 1.87. The summed E-state index contributed by atoms with van der Waals surface area (Å²) in [5.74, 6) is 0.289. The van der Waals surface area contributed by atoms with Crippen molar-refractivity contribution in [1.29, 1.82) is 0 Å². The molecule has 1 amide bonds. The molecule has 1 aromatic carbocycles. The summed E-state index contributed by atoms with van der Waals surface area (Å²) in [6.07, 6.45) is 5.15. The molecule has 1 saturated heterocycles. The fourth-order valence-corrected chi connectivity index (χ4v) is 3.73. The first-order valence-electron chi connectivity index (χ1n) is 8.47. The summed E-state index contributed by atoms with van der Waals surface area (Å²) in [6, 6.07) is 6.85. The monoisotopic (exact) mass is 298 g/mol. The van der Waals surface area contributed by atoms with Crippen LogP contribution in [0.25, 0.3) is 10.9 Å². The van der Waals surface area contributed by atoms with Gasteiger partial charge in [0.1, 0.15) is 0 Å². The van der Waals surface area contributed by atoms with Gasteiger partial charge in [-0.3, -0.25) is 4.79 Å². The number of hydrogen-bond acceptors (Lipinski definition) is 1. The van der Waals surface area contributed by atoms with Crippen LogP contribution in [0.2, 0.25) is 0 Å². The number of hydrogen-bond donors (Lipinski definition) is 1. The molecule has 1 aliphatic rings. The number of aryl methyl sites for hydroxylation is 2. The van der Waals surface area contributed by atoms with Gasteiger partial charge in [-0.25, -0.2) is 0 Å². The van der Waals surface area contributed by atoms with Gasteiger partial charge in [0.15, 0.2) is 0 Å². The van der Waals surface area contributed by atoms with Crippen molar-refractivity contribution >= 4 is 16.8 Å². The summed E-state index contributed by atoms with van der Waals surface area (Å²) in [5.41, 5.74) is 4.67. The number of likely N-dealkylation sites (tertiary alicyclic amines) is 1. The van der Waals surface area contributed by atoms with Crippen molar-refractivity contribution in [3.63, 3.8) is 0 Å². The van der Waals surface area contributed by atoms with Gasteiger partial charge < -0.3 is 9.88 Å². The van der Waals surface area contributed by atoms with E-state index in [4.69, 9.17) is 0 Å². The number of benzene rings is 1. The molecular weight excluding hydrogens is 272 g/mol. The van der Waals surface area contributed by atoms with Crippen molar-refractivity contribution in [2.75, 3.05) is 6.54 Å². The van der Waals surface area contributed by atoms with Gasteiger partial charge in [-0.05, 0) is 57.2 Å². The maximum Gasteiger partial charge on any atom is 0.227 e. The van der Waals surface area contributed by atoms with E-state index in [0.717, 1.165) is 37.0 Å². The Morgan fingerprint density at radius 1 is 1.32 bits per heavy atom. The fraction of sp³-hybridized carbons (Fsp3) is 0.526. The van der Waals surface area contributed by atoms with Gasteiger partial charge in [0.05, 0.1) is 6.42 Å². The molecule has 3 heteroatoms. The Morgan fingerprint density at radius 2 is 2.14 bits per heavy atom. The second kappa shape index (κ2) is 6.15. The predicted molar refractivity (Wildman–Crippen MR) is 91.1 cm³/mol. The Labute approximate surface area is 132 Å². The van der Waals surface area contributed by atoms with E-state index in [1.54, 1.807) is 0 Å². The summed E-state index contributed by atoms with van der Waals surface area (Å²) >= 11 is 0. The average Bonchev–Trinajstić information content (AvgIpc) is 2.83. The lowest BCUT2D eigenvalue weighted by Gasteiger charge is -2.35. The standard InChI is InChI=1S/C19H26N2O/c1-4-15-7-5-6-10-21(15)19(22)12-16-14(3)20-18-9-8-13(2)11-17(16)18/h8-9,11,15,20H,4-7,10,12H2,1-3H3. The van der Waals surface area contributed by atoms with Crippen molar-refractivity contribution in [3.05, 3.63) is 35.0 Å². The summed E-state index contributed by atoms with van der Waals surface area (Å²) in [4.78, 5) is 18.4. The number of aromatic nitrogens is 1. The van der Waals surface area contributed by atoms with E-state index in [9.17, 15) is 4.79 Å². The van der Waals surface area contributed by atoms with E-state index in [2.05, 4.69) is 48.9 Å². The number of piperidine rings is 1. The van der Waals surface area contributed by atoms with E-state index < -0.39 is 0 Å². The zero-order valence-electron chi connectivity index (χ0n) is 13.9. The van der Waals surface area contributed by atoms with Crippen molar-refractivity contribution < 1.29 is 4.79 Å². The van der Waals surface area contributed by atoms with Crippen LogP contribution in [0.15, 0.2) is 18.2 Å². The van der Waals surface area contributed by atoms with E-state index in [1.807, 2.05) is 0 Å². The maximum absolute atomic E-state index is 12.8. The van der Waals surface area contributed by atoms with Crippen LogP contribution in [0.5, 0.6) is 0 Å². The van der Waals surface area contributed by atoms with Gasteiger partial charge >= 0.3 is 0 Å². The molecule has 1 aromatic heterocycles. The van der Waals surface area contributed by atoms with Crippen molar-refractivity contribution in [3.8, 4) is 0 Å². The second-order valence-electron chi connectivity index (χ2n) is 6.60. The third-order valence-electron chi connectivity index (χ3n) is 5.02. The minimum atomic E-state index is 0.289. The molecule has 1 atom stereocenters. The number of aromatic amines is 1. The van der Waals surface area contributed by atoms with Crippen LogP contribution in [0, 0.1) is 13.8 Å². The molecule has 1 unspecified atom stereocenters. The number of nitrogens with zero attached hydrogens (tertiary/aromatic N) is 1. The van der Waals surface area contributed by atoms with Crippen LogP contribution in [0.4, 0.5) is 0 Å². The number of nitrogens with one attached hydrogen (secondary N) is 1. The molecule has 0 spiro atoms. The van der Waals surface area contributed by atoms with Gasteiger partial charge in [0.2, 0.25) is 5.91 Å². The molecular formula is C19H26N2O. The first-order chi connectivity index (χ1) is 10.6. The minimum Gasteiger partial charge on any atom is -0.358 e. The number of carbonyl (C=O) groups excluding carboxylic acids is 1. The normalized spacial score (nSPS) is 18.9. The lowest BCUT2D eigenvalue weighted by atomic mass is 9.98. The van der Waals surface area contributed by atoms with Crippen molar-refractivity contribution in [1.82, 2.24) is 9.88 Å². The van der Waals surface area contributed by atoms with Crippen LogP contribution in [0.3, 0.4) is 0 Å². The molecule has 0 radical (unpaired) electrons. The second-order valence-corrected chi connectivity index (χ2v) is 6.60. The van der Waals surface area contributed by atoms with E-state index in [-0.39, 0.29) is 5.91 Å². The molecule has 1 aliphatic heterocycles. The lowest BCUT2D eigenvalue weighted by Crippen LogP contribution is -2.44. The number of carbonyl (C=O) groups is 1. The third kappa shape index (κ3) is 2.77. The maximum atomic E-state index is 12.8. The highest BCUT2D eigenvalue weighted by atomic mass is 16.2. The molecule has 3 nitrogen and oxygen atoms in total. The summed E-state index contributed by atoms with van der Waals surface area (Å²) in [6.45, 7) is 7.30.